The minimum absolute atomic E-state index is 0.0739. The van der Waals surface area contributed by atoms with Crippen LogP contribution in [0.15, 0.2) is 65.1 Å². The van der Waals surface area contributed by atoms with E-state index in [-0.39, 0.29) is 5.91 Å². The molecule has 1 aromatic heterocycles. The molecule has 0 atom stereocenters. The number of aromatic nitrogens is 2. The van der Waals surface area contributed by atoms with Crippen molar-refractivity contribution < 1.29 is 4.79 Å². The molecule has 1 amide bonds. The van der Waals surface area contributed by atoms with Crippen LogP contribution in [0.5, 0.6) is 0 Å². The Morgan fingerprint density at radius 1 is 0.929 bits per heavy atom. The summed E-state index contributed by atoms with van der Waals surface area (Å²) in [5.74, 6) is 1.75. The summed E-state index contributed by atoms with van der Waals surface area (Å²) in [6.45, 7) is 4.78. The highest BCUT2D eigenvalue weighted by Gasteiger charge is 2.23. The lowest BCUT2D eigenvalue weighted by atomic mass is 10.1. The van der Waals surface area contributed by atoms with Gasteiger partial charge < -0.3 is 9.80 Å². The molecule has 0 bridgehead atoms. The monoisotopic (exact) mass is 436 g/mol. The van der Waals surface area contributed by atoms with Crippen LogP contribution in [-0.2, 0) is 0 Å². The number of piperazine rings is 1. The lowest BCUT2D eigenvalue weighted by Crippen LogP contribution is -2.49. The molecule has 1 saturated heterocycles. The maximum atomic E-state index is 12.7. The molecule has 5 nitrogen and oxygen atoms in total. The average molecular weight is 437 g/mol. The summed E-state index contributed by atoms with van der Waals surface area (Å²) in [5.41, 5.74) is 2.72. The smallest absolute Gasteiger partial charge is 0.254 e. The molecule has 0 radical (unpaired) electrons. The van der Waals surface area contributed by atoms with Crippen molar-refractivity contribution >= 4 is 27.7 Å². The van der Waals surface area contributed by atoms with Crippen LogP contribution in [0.4, 0.5) is 5.82 Å². The summed E-state index contributed by atoms with van der Waals surface area (Å²) >= 11 is 3.43. The van der Waals surface area contributed by atoms with Gasteiger partial charge in [0.1, 0.15) is 11.6 Å². The minimum Gasteiger partial charge on any atom is -0.353 e. The summed E-state index contributed by atoms with van der Waals surface area (Å²) < 4.78 is 0.918. The maximum Gasteiger partial charge on any atom is 0.254 e. The fourth-order valence-electron chi connectivity index (χ4n) is 3.41. The van der Waals surface area contributed by atoms with E-state index in [1.54, 1.807) is 0 Å². The molecule has 3 aromatic rings. The summed E-state index contributed by atoms with van der Waals surface area (Å²) in [7, 11) is 0. The molecular weight excluding hydrogens is 416 g/mol. The van der Waals surface area contributed by atoms with Crippen LogP contribution in [-0.4, -0.2) is 47.0 Å². The predicted molar refractivity (Wildman–Crippen MR) is 114 cm³/mol. The number of rotatable bonds is 3. The molecule has 0 N–H and O–H groups in total. The fraction of sp³-hybridized carbons (Fsp3) is 0.227. The number of carbonyl (C=O) groups is 1. The molecule has 1 fully saturated rings. The second kappa shape index (κ2) is 8.10. The van der Waals surface area contributed by atoms with Gasteiger partial charge in [0.25, 0.3) is 5.91 Å². The van der Waals surface area contributed by atoms with Crippen LogP contribution in [0.25, 0.3) is 11.3 Å². The SMILES string of the molecule is Cc1nc(-c2ccccc2)cc(N2CCN(C(=O)c3cccc(Br)c3)CC2)n1. The number of benzene rings is 2. The highest BCUT2D eigenvalue weighted by atomic mass is 79.9. The Balaban J connectivity index is 1.48. The molecule has 6 heteroatoms. The third-order valence-electron chi connectivity index (χ3n) is 4.86. The van der Waals surface area contributed by atoms with E-state index < -0.39 is 0 Å². The summed E-state index contributed by atoms with van der Waals surface area (Å²) in [4.78, 5) is 26.1. The Kier molecular flexibility index (Phi) is 5.39. The highest BCUT2D eigenvalue weighted by molar-refractivity contribution is 9.10. The van der Waals surface area contributed by atoms with Gasteiger partial charge >= 0.3 is 0 Å². The Labute approximate surface area is 173 Å². The Hall–Kier alpha value is -2.73. The number of amides is 1. The Morgan fingerprint density at radius 2 is 1.68 bits per heavy atom. The van der Waals surface area contributed by atoms with Crippen molar-refractivity contribution in [1.29, 1.82) is 0 Å². The van der Waals surface area contributed by atoms with Gasteiger partial charge in [-0.05, 0) is 25.1 Å². The second-order valence-electron chi connectivity index (χ2n) is 6.81. The summed E-state index contributed by atoms with van der Waals surface area (Å²) in [6.07, 6.45) is 0. The van der Waals surface area contributed by atoms with E-state index in [0.29, 0.717) is 18.7 Å². The van der Waals surface area contributed by atoms with Crippen molar-refractivity contribution in [2.75, 3.05) is 31.1 Å². The first kappa shape index (κ1) is 18.6. The van der Waals surface area contributed by atoms with Gasteiger partial charge in [-0.15, -0.1) is 0 Å². The van der Waals surface area contributed by atoms with Crippen molar-refractivity contribution in [3.63, 3.8) is 0 Å². The Bertz CT molecular complexity index is 985. The first-order valence-corrected chi connectivity index (χ1v) is 10.1. The lowest BCUT2D eigenvalue weighted by molar-refractivity contribution is 0.0746. The lowest BCUT2D eigenvalue weighted by Gasteiger charge is -2.35. The molecule has 2 aromatic carbocycles. The third kappa shape index (κ3) is 4.07. The zero-order valence-corrected chi connectivity index (χ0v) is 17.3. The van der Waals surface area contributed by atoms with Crippen molar-refractivity contribution in [3.05, 3.63) is 76.5 Å². The molecule has 1 aliphatic heterocycles. The minimum atomic E-state index is 0.0739. The standard InChI is InChI=1S/C22H21BrN4O/c1-16-24-20(17-6-3-2-4-7-17)15-21(25-16)26-10-12-27(13-11-26)22(28)18-8-5-9-19(23)14-18/h2-9,14-15H,10-13H2,1H3. The predicted octanol–water partition coefficient (Wildman–Crippen LogP) is 4.18. The van der Waals surface area contributed by atoms with Gasteiger partial charge in [-0.2, -0.15) is 0 Å². The number of hydrogen-bond acceptors (Lipinski definition) is 4. The molecule has 0 spiro atoms. The largest absolute Gasteiger partial charge is 0.353 e. The number of hydrogen-bond donors (Lipinski definition) is 0. The molecule has 4 rings (SSSR count). The van der Waals surface area contributed by atoms with Gasteiger partial charge in [0.15, 0.2) is 0 Å². The van der Waals surface area contributed by atoms with Crippen LogP contribution in [0, 0.1) is 6.92 Å². The second-order valence-corrected chi connectivity index (χ2v) is 7.73. The molecule has 0 aliphatic carbocycles. The van der Waals surface area contributed by atoms with Gasteiger partial charge in [-0.1, -0.05) is 52.3 Å². The normalized spacial score (nSPS) is 14.2. The van der Waals surface area contributed by atoms with Crippen molar-refractivity contribution in [1.82, 2.24) is 14.9 Å². The molecule has 2 heterocycles. The number of halogens is 1. The Morgan fingerprint density at radius 3 is 2.39 bits per heavy atom. The number of nitrogens with zero attached hydrogens (tertiary/aromatic N) is 4. The number of aryl methyl sites for hydroxylation is 1. The maximum absolute atomic E-state index is 12.7. The van der Waals surface area contributed by atoms with Crippen LogP contribution >= 0.6 is 15.9 Å². The van der Waals surface area contributed by atoms with Crippen LogP contribution in [0.2, 0.25) is 0 Å². The van der Waals surface area contributed by atoms with E-state index in [2.05, 4.69) is 42.9 Å². The first-order valence-electron chi connectivity index (χ1n) is 9.31. The highest BCUT2D eigenvalue weighted by Crippen LogP contribution is 2.23. The molecule has 28 heavy (non-hydrogen) atoms. The van der Waals surface area contributed by atoms with E-state index in [1.807, 2.05) is 60.4 Å². The number of carbonyl (C=O) groups excluding carboxylic acids is 1. The van der Waals surface area contributed by atoms with Gasteiger partial charge in [0, 0.05) is 47.8 Å². The van der Waals surface area contributed by atoms with E-state index >= 15 is 0 Å². The summed E-state index contributed by atoms with van der Waals surface area (Å²) in [5, 5.41) is 0. The van der Waals surface area contributed by atoms with E-state index in [1.165, 1.54) is 0 Å². The van der Waals surface area contributed by atoms with E-state index in [4.69, 9.17) is 0 Å². The van der Waals surface area contributed by atoms with Crippen molar-refractivity contribution in [3.8, 4) is 11.3 Å². The fourth-order valence-corrected chi connectivity index (χ4v) is 3.81. The van der Waals surface area contributed by atoms with E-state index in [0.717, 1.165) is 40.5 Å². The topological polar surface area (TPSA) is 49.3 Å². The zero-order chi connectivity index (χ0) is 19.5. The van der Waals surface area contributed by atoms with Gasteiger partial charge in [-0.25, -0.2) is 9.97 Å². The first-order chi connectivity index (χ1) is 13.6. The van der Waals surface area contributed by atoms with Crippen LogP contribution in [0.3, 0.4) is 0 Å². The molecule has 0 saturated carbocycles. The molecular formula is C22H21BrN4O. The molecule has 0 unspecified atom stereocenters. The number of anilines is 1. The van der Waals surface area contributed by atoms with Gasteiger partial charge in [0.05, 0.1) is 5.69 Å². The third-order valence-corrected chi connectivity index (χ3v) is 5.35. The van der Waals surface area contributed by atoms with E-state index in [9.17, 15) is 4.79 Å². The van der Waals surface area contributed by atoms with Crippen molar-refractivity contribution in [2.45, 2.75) is 6.92 Å². The van der Waals surface area contributed by atoms with Crippen LogP contribution < -0.4 is 4.90 Å². The molecule has 1 aliphatic rings. The quantitative estimate of drug-likeness (QED) is 0.617. The van der Waals surface area contributed by atoms with Gasteiger partial charge in [0.2, 0.25) is 0 Å². The summed E-state index contributed by atoms with van der Waals surface area (Å²) in [6, 6.07) is 19.7. The average Bonchev–Trinajstić information content (AvgIpc) is 2.73. The van der Waals surface area contributed by atoms with Gasteiger partial charge in [-0.3, -0.25) is 4.79 Å². The molecule has 142 valence electrons. The van der Waals surface area contributed by atoms with Crippen molar-refractivity contribution in [2.24, 2.45) is 0 Å². The van der Waals surface area contributed by atoms with Crippen LogP contribution in [0.1, 0.15) is 16.2 Å². The zero-order valence-electron chi connectivity index (χ0n) is 15.7.